The van der Waals surface area contributed by atoms with E-state index < -0.39 is 0 Å². The number of esters is 1. The summed E-state index contributed by atoms with van der Waals surface area (Å²) in [6, 6.07) is 6.96. The highest BCUT2D eigenvalue weighted by Gasteiger charge is 2.37. The minimum absolute atomic E-state index is 0.0274. The summed E-state index contributed by atoms with van der Waals surface area (Å²) in [6.45, 7) is 0.0474. The molecule has 0 N–H and O–H groups in total. The Labute approximate surface area is 174 Å². The fraction of sp³-hybridized carbons (Fsp3) is 0.500. The molecule has 0 radical (unpaired) electrons. The van der Waals surface area contributed by atoms with Gasteiger partial charge < -0.3 is 14.5 Å². The lowest BCUT2D eigenvalue weighted by atomic mass is 10.2. The molecule has 1 aliphatic carbocycles. The maximum Gasteiger partial charge on any atom is 0.305 e. The van der Waals surface area contributed by atoms with Crippen molar-refractivity contribution < 1.29 is 23.9 Å². The summed E-state index contributed by atoms with van der Waals surface area (Å²) in [4.78, 5) is 53.4. The molecule has 9 heteroatoms. The fourth-order valence-electron chi connectivity index (χ4n) is 3.27. The number of hydrogen-bond donors (Lipinski definition) is 0. The van der Waals surface area contributed by atoms with E-state index in [1.165, 1.54) is 16.9 Å². The van der Waals surface area contributed by atoms with Gasteiger partial charge in [-0.15, -0.1) is 0 Å². The van der Waals surface area contributed by atoms with E-state index in [2.05, 4.69) is 4.74 Å². The van der Waals surface area contributed by atoms with Crippen LogP contribution in [-0.4, -0.2) is 66.4 Å². The first kappa shape index (κ1) is 21.1. The van der Waals surface area contributed by atoms with Crippen LogP contribution >= 0.6 is 11.6 Å². The summed E-state index contributed by atoms with van der Waals surface area (Å²) in [5, 5.41) is 0.512. The number of amides is 3. The fourth-order valence-corrected chi connectivity index (χ4v) is 3.45. The Morgan fingerprint density at radius 1 is 1.24 bits per heavy atom. The molecule has 0 aromatic heterocycles. The van der Waals surface area contributed by atoms with Gasteiger partial charge in [-0.2, -0.15) is 0 Å². The van der Waals surface area contributed by atoms with Crippen molar-refractivity contribution in [2.45, 2.75) is 38.1 Å². The Hall–Kier alpha value is -2.61. The molecule has 0 spiro atoms. The van der Waals surface area contributed by atoms with Crippen molar-refractivity contribution in [1.82, 2.24) is 9.80 Å². The van der Waals surface area contributed by atoms with Gasteiger partial charge in [-0.25, -0.2) is 0 Å². The summed E-state index contributed by atoms with van der Waals surface area (Å²) in [6.07, 6.45) is 2.47. The highest BCUT2D eigenvalue weighted by molar-refractivity contribution is 6.31. The van der Waals surface area contributed by atoms with Crippen molar-refractivity contribution in [3.8, 4) is 0 Å². The number of halogens is 1. The van der Waals surface area contributed by atoms with E-state index >= 15 is 0 Å². The normalized spacial score (nSPS) is 16.1. The molecule has 3 amide bonds. The highest BCUT2D eigenvalue weighted by Crippen LogP contribution is 2.28. The largest absolute Gasteiger partial charge is 0.469 e. The highest BCUT2D eigenvalue weighted by atomic mass is 35.5. The van der Waals surface area contributed by atoms with Gasteiger partial charge in [-0.3, -0.25) is 24.1 Å². The van der Waals surface area contributed by atoms with Gasteiger partial charge in [-0.05, 0) is 37.5 Å². The Morgan fingerprint density at radius 3 is 2.66 bits per heavy atom. The smallest absolute Gasteiger partial charge is 0.305 e. The zero-order valence-corrected chi connectivity index (χ0v) is 17.1. The predicted octanol–water partition coefficient (Wildman–Crippen LogP) is 1.81. The maximum atomic E-state index is 12.8. The SMILES string of the molecule is COC(=O)CCCC(=O)N(CC(=O)N1CC(=O)N(c2cccc(Cl)c2)C1)C1CC1. The van der Waals surface area contributed by atoms with Gasteiger partial charge in [0.05, 0.1) is 7.11 Å². The van der Waals surface area contributed by atoms with Crippen LogP contribution in [0.25, 0.3) is 0 Å². The van der Waals surface area contributed by atoms with E-state index in [9.17, 15) is 19.2 Å². The van der Waals surface area contributed by atoms with Gasteiger partial charge in [0.2, 0.25) is 17.7 Å². The third kappa shape index (κ3) is 5.47. The molecule has 29 heavy (non-hydrogen) atoms. The van der Waals surface area contributed by atoms with Crippen LogP contribution in [0.2, 0.25) is 5.02 Å². The second kappa shape index (κ2) is 9.26. The molecule has 0 atom stereocenters. The van der Waals surface area contributed by atoms with E-state index in [4.69, 9.17) is 11.6 Å². The van der Waals surface area contributed by atoms with E-state index in [1.54, 1.807) is 29.2 Å². The van der Waals surface area contributed by atoms with Crippen molar-refractivity contribution in [2.24, 2.45) is 0 Å². The van der Waals surface area contributed by atoms with Crippen LogP contribution in [0.15, 0.2) is 24.3 Å². The first-order valence-corrected chi connectivity index (χ1v) is 9.97. The Kier molecular flexibility index (Phi) is 6.74. The van der Waals surface area contributed by atoms with Gasteiger partial charge in [0.1, 0.15) is 19.8 Å². The zero-order valence-electron chi connectivity index (χ0n) is 16.3. The zero-order chi connectivity index (χ0) is 21.0. The molecule has 1 aromatic carbocycles. The van der Waals surface area contributed by atoms with Crippen LogP contribution in [0.1, 0.15) is 32.1 Å². The van der Waals surface area contributed by atoms with Crippen LogP contribution in [-0.2, 0) is 23.9 Å². The minimum Gasteiger partial charge on any atom is -0.469 e. The molecule has 8 nitrogen and oxygen atoms in total. The second-order valence-electron chi connectivity index (χ2n) is 7.22. The van der Waals surface area contributed by atoms with Crippen molar-refractivity contribution in [3.63, 3.8) is 0 Å². The third-order valence-electron chi connectivity index (χ3n) is 5.02. The summed E-state index contributed by atoms with van der Waals surface area (Å²) >= 11 is 5.99. The quantitative estimate of drug-likeness (QED) is 0.597. The van der Waals surface area contributed by atoms with Gasteiger partial charge in [-0.1, -0.05) is 17.7 Å². The molecule has 1 aromatic rings. The molecule has 2 aliphatic rings. The number of nitrogens with zero attached hydrogens (tertiary/aromatic N) is 3. The lowest BCUT2D eigenvalue weighted by Crippen LogP contribution is -2.43. The minimum atomic E-state index is -0.358. The summed E-state index contributed by atoms with van der Waals surface area (Å²) in [5.41, 5.74) is 0.635. The van der Waals surface area contributed by atoms with Crippen LogP contribution in [0.4, 0.5) is 5.69 Å². The molecule has 156 valence electrons. The number of benzene rings is 1. The molecule has 1 saturated heterocycles. The van der Waals surface area contributed by atoms with Crippen LogP contribution < -0.4 is 4.90 Å². The lowest BCUT2D eigenvalue weighted by molar-refractivity contribution is -0.142. The number of ether oxygens (including phenoxy) is 1. The van der Waals surface area contributed by atoms with E-state index in [0.29, 0.717) is 17.1 Å². The molecule has 1 aliphatic heterocycles. The molecule has 2 fully saturated rings. The standard InChI is InChI=1S/C20H24ClN3O5/c1-29-20(28)7-3-6-17(25)23(15-8-9-15)12-18(26)22-11-19(27)24(13-22)16-5-2-4-14(21)10-16/h2,4-5,10,15H,3,6-9,11-13H2,1H3. The van der Waals surface area contributed by atoms with Crippen LogP contribution in [0, 0.1) is 0 Å². The maximum absolute atomic E-state index is 12.8. The molecule has 0 bridgehead atoms. The number of rotatable bonds is 8. The number of methoxy groups -OCH3 is 1. The Balaban J connectivity index is 1.57. The van der Waals surface area contributed by atoms with Crippen molar-refractivity contribution in [3.05, 3.63) is 29.3 Å². The monoisotopic (exact) mass is 421 g/mol. The third-order valence-corrected chi connectivity index (χ3v) is 5.26. The summed E-state index contributed by atoms with van der Waals surface area (Å²) < 4.78 is 4.58. The predicted molar refractivity (Wildman–Crippen MR) is 106 cm³/mol. The van der Waals surface area contributed by atoms with Gasteiger partial charge in [0, 0.05) is 29.6 Å². The Morgan fingerprint density at radius 2 is 2.00 bits per heavy atom. The summed E-state index contributed by atoms with van der Waals surface area (Å²) in [7, 11) is 1.31. The molecule has 1 saturated carbocycles. The molecular formula is C20H24ClN3O5. The average Bonchev–Trinajstić information content (AvgIpc) is 3.46. The average molecular weight is 422 g/mol. The number of carbonyl (C=O) groups excluding carboxylic acids is 4. The Bertz CT molecular complexity index is 811. The first-order valence-electron chi connectivity index (χ1n) is 9.59. The van der Waals surface area contributed by atoms with Gasteiger partial charge >= 0.3 is 5.97 Å². The van der Waals surface area contributed by atoms with Gasteiger partial charge in [0.15, 0.2) is 0 Å². The van der Waals surface area contributed by atoms with E-state index in [0.717, 1.165) is 12.8 Å². The summed E-state index contributed by atoms with van der Waals surface area (Å²) in [5.74, 6) is -0.968. The van der Waals surface area contributed by atoms with Crippen LogP contribution in [0.5, 0.6) is 0 Å². The number of anilines is 1. The van der Waals surface area contributed by atoms with E-state index in [1.807, 2.05) is 0 Å². The molecule has 3 rings (SSSR count). The topological polar surface area (TPSA) is 87.2 Å². The lowest BCUT2D eigenvalue weighted by Gasteiger charge is -2.25. The molecule has 1 heterocycles. The second-order valence-corrected chi connectivity index (χ2v) is 7.65. The molecule has 0 unspecified atom stereocenters. The number of carbonyl (C=O) groups is 4. The van der Waals surface area contributed by atoms with Crippen LogP contribution in [0.3, 0.4) is 0 Å². The molecular weight excluding hydrogens is 398 g/mol. The van der Waals surface area contributed by atoms with Crippen molar-refractivity contribution in [1.29, 1.82) is 0 Å². The number of hydrogen-bond acceptors (Lipinski definition) is 5. The van der Waals surface area contributed by atoms with E-state index in [-0.39, 0.29) is 62.3 Å². The first-order chi connectivity index (χ1) is 13.9. The van der Waals surface area contributed by atoms with Gasteiger partial charge in [0.25, 0.3) is 0 Å². The van der Waals surface area contributed by atoms with Crippen molar-refractivity contribution in [2.75, 3.05) is 31.8 Å². The van der Waals surface area contributed by atoms with Crippen molar-refractivity contribution >= 4 is 41.0 Å².